The first-order chi connectivity index (χ1) is 15.9. The highest BCUT2D eigenvalue weighted by Gasteiger charge is 2.13. The van der Waals surface area contributed by atoms with Crippen LogP contribution in [-0.2, 0) is 6.61 Å². The van der Waals surface area contributed by atoms with Crippen LogP contribution in [0.25, 0.3) is 0 Å². The largest absolute Gasteiger partial charge is 0.490 e. The number of carbonyl (C=O) groups is 1. The molecular formula is C23H20IN3O6. The predicted molar refractivity (Wildman–Crippen MR) is 132 cm³/mol. The number of rotatable bonds is 10. The van der Waals surface area contributed by atoms with Gasteiger partial charge in [-0.05, 0) is 77.0 Å². The number of ether oxygens (including phenoxy) is 2. The normalized spacial score (nSPS) is 10.7. The van der Waals surface area contributed by atoms with Crippen LogP contribution in [-0.4, -0.2) is 28.8 Å². The van der Waals surface area contributed by atoms with Gasteiger partial charge in [0.2, 0.25) is 0 Å². The molecule has 3 rings (SSSR count). The van der Waals surface area contributed by atoms with E-state index in [9.17, 15) is 14.9 Å². The fraction of sp³-hybridized carbons (Fsp3) is 0.130. The number of aromatic carboxylic acids is 1. The van der Waals surface area contributed by atoms with Crippen LogP contribution in [0.3, 0.4) is 0 Å². The molecule has 3 aromatic rings. The zero-order chi connectivity index (χ0) is 23.8. The molecular weight excluding hydrogens is 541 g/mol. The predicted octanol–water partition coefficient (Wildman–Crippen LogP) is 5.32. The molecule has 33 heavy (non-hydrogen) atoms. The van der Waals surface area contributed by atoms with Crippen molar-refractivity contribution in [2.24, 2.45) is 5.10 Å². The first-order valence-corrected chi connectivity index (χ1v) is 10.9. The van der Waals surface area contributed by atoms with Crippen molar-refractivity contribution in [1.82, 2.24) is 0 Å². The second kappa shape index (κ2) is 11.3. The van der Waals surface area contributed by atoms with E-state index in [2.05, 4.69) is 33.1 Å². The van der Waals surface area contributed by atoms with E-state index >= 15 is 0 Å². The standard InChI is InChI=1S/C23H20IN3O6/c1-2-32-21-12-16(13-25-26-18-7-9-19(10-8-18)27(30)31)11-20(24)22(21)33-14-15-3-5-17(6-4-15)23(28)29/h3-13,26H,2,14H2,1H3,(H,28,29). The lowest BCUT2D eigenvalue weighted by molar-refractivity contribution is -0.384. The second-order valence-electron chi connectivity index (χ2n) is 6.73. The van der Waals surface area contributed by atoms with E-state index in [4.69, 9.17) is 14.6 Å². The van der Waals surface area contributed by atoms with Gasteiger partial charge >= 0.3 is 5.97 Å². The van der Waals surface area contributed by atoms with E-state index in [1.54, 1.807) is 36.5 Å². The monoisotopic (exact) mass is 561 g/mol. The molecule has 2 N–H and O–H groups in total. The molecule has 3 aromatic carbocycles. The van der Waals surface area contributed by atoms with Crippen LogP contribution >= 0.6 is 22.6 Å². The first-order valence-electron chi connectivity index (χ1n) is 9.82. The number of anilines is 1. The molecule has 0 saturated carbocycles. The maximum atomic E-state index is 11.0. The summed E-state index contributed by atoms with van der Waals surface area (Å²) >= 11 is 2.15. The van der Waals surface area contributed by atoms with E-state index in [1.807, 2.05) is 13.0 Å². The minimum absolute atomic E-state index is 0.00820. The third-order valence-electron chi connectivity index (χ3n) is 4.40. The van der Waals surface area contributed by atoms with Crippen LogP contribution in [0.1, 0.15) is 28.4 Å². The number of nitro benzene ring substituents is 1. The second-order valence-corrected chi connectivity index (χ2v) is 7.89. The topological polar surface area (TPSA) is 123 Å². The lowest BCUT2D eigenvalue weighted by Crippen LogP contribution is -2.03. The fourth-order valence-corrected chi connectivity index (χ4v) is 3.58. The number of benzene rings is 3. The molecule has 9 nitrogen and oxygen atoms in total. The highest BCUT2D eigenvalue weighted by atomic mass is 127. The van der Waals surface area contributed by atoms with Crippen molar-refractivity contribution in [3.8, 4) is 11.5 Å². The van der Waals surface area contributed by atoms with Crippen molar-refractivity contribution < 1.29 is 24.3 Å². The highest BCUT2D eigenvalue weighted by molar-refractivity contribution is 14.1. The molecule has 0 fully saturated rings. The van der Waals surface area contributed by atoms with Gasteiger partial charge in [-0.1, -0.05) is 12.1 Å². The van der Waals surface area contributed by atoms with Crippen LogP contribution in [0.4, 0.5) is 11.4 Å². The average Bonchev–Trinajstić information content (AvgIpc) is 2.79. The van der Waals surface area contributed by atoms with Gasteiger partial charge in [-0.25, -0.2) is 4.79 Å². The van der Waals surface area contributed by atoms with E-state index in [0.717, 1.165) is 14.7 Å². The summed E-state index contributed by atoms with van der Waals surface area (Å²) in [7, 11) is 0. The molecule has 0 aliphatic carbocycles. The Morgan fingerprint density at radius 3 is 2.45 bits per heavy atom. The van der Waals surface area contributed by atoms with Crippen molar-refractivity contribution in [2.75, 3.05) is 12.0 Å². The molecule has 0 aliphatic rings. The van der Waals surface area contributed by atoms with Gasteiger partial charge < -0.3 is 14.6 Å². The van der Waals surface area contributed by atoms with Gasteiger partial charge in [0.05, 0.1) is 32.6 Å². The SMILES string of the molecule is CCOc1cc(C=NNc2ccc([N+](=O)[O-])cc2)cc(I)c1OCc1ccc(C(=O)O)cc1. The number of nitrogens with one attached hydrogen (secondary N) is 1. The van der Waals surface area contributed by atoms with Gasteiger partial charge in [-0.15, -0.1) is 0 Å². The number of non-ortho nitro benzene ring substituents is 1. The third-order valence-corrected chi connectivity index (χ3v) is 5.20. The Kier molecular flexibility index (Phi) is 8.19. The Morgan fingerprint density at radius 1 is 1.15 bits per heavy atom. The quantitative estimate of drug-likeness (QED) is 0.149. The molecule has 170 valence electrons. The summed E-state index contributed by atoms with van der Waals surface area (Å²) < 4.78 is 12.5. The molecule has 0 amide bonds. The highest BCUT2D eigenvalue weighted by Crippen LogP contribution is 2.34. The molecule has 0 spiro atoms. The molecule has 10 heteroatoms. The molecule has 0 unspecified atom stereocenters. The molecule has 0 aliphatic heterocycles. The molecule has 0 radical (unpaired) electrons. The summed E-state index contributed by atoms with van der Waals surface area (Å²) in [6, 6.07) is 16.1. The Balaban J connectivity index is 1.71. The Hall–Kier alpha value is -3.67. The summed E-state index contributed by atoms with van der Waals surface area (Å²) in [4.78, 5) is 21.3. The fourth-order valence-electron chi connectivity index (χ4n) is 2.80. The van der Waals surface area contributed by atoms with E-state index in [1.165, 1.54) is 24.3 Å². The summed E-state index contributed by atoms with van der Waals surface area (Å²) in [6.07, 6.45) is 1.61. The molecule has 0 bridgehead atoms. The van der Waals surface area contributed by atoms with Gasteiger partial charge in [-0.3, -0.25) is 15.5 Å². The molecule has 0 saturated heterocycles. The van der Waals surface area contributed by atoms with Crippen molar-refractivity contribution in [2.45, 2.75) is 13.5 Å². The number of carboxylic acids is 1. The Morgan fingerprint density at radius 2 is 1.85 bits per heavy atom. The number of nitrogens with zero attached hydrogens (tertiary/aromatic N) is 2. The summed E-state index contributed by atoms with van der Waals surface area (Å²) in [5, 5.41) is 23.9. The van der Waals surface area contributed by atoms with Gasteiger partial charge in [0.15, 0.2) is 11.5 Å². The van der Waals surface area contributed by atoms with Gasteiger partial charge in [0.25, 0.3) is 5.69 Å². The maximum Gasteiger partial charge on any atom is 0.335 e. The molecule has 0 atom stereocenters. The zero-order valence-corrected chi connectivity index (χ0v) is 19.7. The minimum atomic E-state index is -0.976. The van der Waals surface area contributed by atoms with Crippen molar-refractivity contribution in [3.63, 3.8) is 0 Å². The van der Waals surface area contributed by atoms with Crippen LogP contribution < -0.4 is 14.9 Å². The third kappa shape index (κ3) is 6.65. The van der Waals surface area contributed by atoms with E-state index < -0.39 is 10.9 Å². The van der Waals surface area contributed by atoms with Crippen LogP contribution in [0.2, 0.25) is 0 Å². The Labute approximate surface area is 203 Å². The van der Waals surface area contributed by atoms with E-state index in [0.29, 0.717) is 23.8 Å². The number of carboxylic acid groups (broad SMARTS) is 1. The van der Waals surface area contributed by atoms with Crippen molar-refractivity contribution in [3.05, 3.63) is 91.0 Å². The smallest absolute Gasteiger partial charge is 0.335 e. The molecule has 0 aromatic heterocycles. The van der Waals surface area contributed by atoms with Crippen LogP contribution in [0, 0.1) is 13.7 Å². The van der Waals surface area contributed by atoms with Gasteiger partial charge in [0.1, 0.15) is 6.61 Å². The zero-order valence-electron chi connectivity index (χ0n) is 17.5. The summed E-state index contributed by atoms with van der Waals surface area (Å²) in [6.45, 7) is 2.57. The van der Waals surface area contributed by atoms with Gasteiger partial charge in [0, 0.05) is 12.1 Å². The van der Waals surface area contributed by atoms with E-state index in [-0.39, 0.29) is 17.9 Å². The minimum Gasteiger partial charge on any atom is -0.490 e. The number of halogens is 1. The van der Waals surface area contributed by atoms with Crippen molar-refractivity contribution >= 4 is 46.1 Å². The number of hydrazone groups is 1. The molecule has 0 heterocycles. The number of hydrogen-bond acceptors (Lipinski definition) is 7. The maximum absolute atomic E-state index is 11.0. The number of nitro groups is 1. The lowest BCUT2D eigenvalue weighted by Gasteiger charge is -2.15. The van der Waals surface area contributed by atoms with Gasteiger partial charge in [-0.2, -0.15) is 5.10 Å². The van der Waals surface area contributed by atoms with Crippen LogP contribution in [0.15, 0.2) is 65.8 Å². The average molecular weight is 561 g/mol. The first kappa shape index (κ1) is 24.0. The number of hydrogen-bond donors (Lipinski definition) is 2. The Bertz CT molecular complexity index is 1160. The summed E-state index contributed by atoms with van der Waals surface area (Å²) in [5.41, 5.74) is 5.28. The van der Waals surface area contributed by atoms with Crippen molar-refractivity contribution in [1.29, 1.82) is 0 Å². The summed E-state index contributed by atoms with van der Waals surface area (Å²) in [5.74, 6) is 0.166. The lowest BCUT2D eigenvalue weighted by atomic mass is 10.1. The van der Waals surface area contributed by atoms with Crippen LogP contribution in [0.5, 0.6) is 11.5 Å².